The summed E-state index contributed by atoms with van der Waals surface area (Å²) in [6.45, 7) is 4.61. The molecule has 6 nitrogen and oxygen atoms in total. The zero-order valence-corrected chi connectivity index (χ0v) is 14.4. The molecule has 2 heterocycles. The van der Waals surface area contributed by atoms with Gasteiger partial charge in [0.05, 0.1) is 0 Å². The van der Waals surface area contributed by atoms with Crippen LogP contribution in [-0.2, 0) is 10.0 Å². The highest BCUT2D eigenvalue weighted by molar-refractivity contribution is 7.89. The van der Waals surface area contributed by atoms with Crippen LogP contribution in [0.3, 0.4) is 0 Å². The summed E-state index contributed by atoms with van der Waals surface area (Å²) in [4.78, 5) is 17.2. The number of hydrogen-bond donors (Lipinski definition) is 1. The van der Waals surface area contributed by atoms with E-state index in [1.165, 1.54) is 12.3 Å². The third-order valence-corrected chi connectivity index (χ3v) is 6.39. The van der Waals surface area contributed by atoms with Gasteiger partial charge >= 0.3 is 0 Å². The molecule has 2 fully saturated rings. The van der Waals surface area contributed by atoms with Gasteiger partial charge in [-0.05, 0) is 44.1 Å². The number of aromatic amines is 1. The molecule has 7 heteroatoms. The van der Waals surface area contributed by atoms with E-state index in [9.17, 15) is 13.2 Å². The van der Waals surface area contributed by atoms with E-state index in [1.807, 2.05) is 6.92 Å². The average Bonchev–Trinajstić information content (AvgIpc) is 3.03. The number of carbonyl (C=O) groups excluding carboxylic acids is 1. The van der Waals surface area contributed by atoms with Crippen LogP contribution in [0, 0.1) is 5.92 Å². The molecular weight excluding hydrogens is 314 g/mol. The van der Waals surface area contributed by atoms with Crippen LogP contribution in [-0.4, -0.2) is 54.7 Å². The van der Waals surface area contributed by atoms with Crippen molar-refractivity contribution in [1.29, 1.82) is 0 Å². The Bertz CT molecular complexity index is 658. The van der Waals surface area contributed by atoms with Gasteiger partial charge in [-0.15, -0.1) is 0 Å². The third kappa shape index (κ3) is 3.61. The number of likely N-dealkylation sites (tertiary alicyclic amines) is 1. The first-order valence-corrected chi connectivity index (χ1v) is 9.94. The lowest BCUT2D eigenvalue weighted by Gasteiger charge is -2.20. The van der Waals surface area contributed by atoms with E-state index in [-0.39, 0.29) is 10.8 Å². The third-order valence-electron chi connectivity index (χ3n) is 4.55. The molecular formula is C16H25N3O3S. The lowest BCUT2D eigenvalue weighted by Crippen LogP contribution is -2.33. The smallest absolute Gasteiger partial charge is 0.270 e. The topological polar surface area (TPSA) is 73.5 Å². The van der Waals surface area contributed by atoms with Crippen molar-refractivity contribution >= 4 is 15.9 Å². The van der Waals surface area contributed by atoms with Crippen molar-refractivity contribution in [2.24, 2.45) is 5.92 Å². The van der Waals surface area contributed by atoms with Gasteiger partial charge in [-0.3, -0.25) is 4.79 Å². The highest BCUT2D eigenvalue weighted by Crippen LogP contribution is 2.32. The summed E-state index contributed by atoms with van der Waals surface area (Å²) in [6, 6.07) is 1.49. The van der Waals surface area contributed by atoms with Crippen LogP contribution in [0.25, 0.3) is 0 Å². The first-order chi connectivity index (χ1) is 11.0. The van der Waals surface area contributed by atoms with Gasteiger partial charge in [-0.1, -0.05) is 6.92 Å². The Morgan fingerprint density at radius 1 is 1.35 bits per heavy atom. The molecule has 0 spiro atoms. The van der Waals surface area contributed by atoms with E-state index in [2.05, 4.69) is 4.98 Å². The maximum atomic E-state index is 12.8. The van der Waals surface area contributed by atoms with Crippen LogP contribution < -0.4 is 0 Å². The molecule has 23 heavy (non-hydrogen) atoms. The second-order valence-electron chi connectivity index (χ2n) is 6.55. The van der Waals surface area contributed by atoms with Crippen LogP contribution in [0.15, 0.2) is 17.2 Å². The van der Waals surface area contributed by atoms with Crippen molar-refractivity contribution in [3.63, 3.8) is 0 Å². The van der Waals surface area contributed by atoms with Gasteiger partial charge < -0.3 is 9.88 Å². The number of carbonyl (C=O) groups is 1. The highest BCUT2D eigenvalue weighted by atomic mass is 32.2. The first kappa shape index (κ1) is 16.5. The van der Waals surface area contributed by atoms with E-state index in [1.54, 1.807) is 9.21 Å². The van der Waals surface area contributed by atoms with Crippen LogP contribution in [0.5, 0.6) is 0 Å². The molecule has 1 aromatic rings. The van der Waals surface area contributed by atoms with Crippen molar-refractivity contribution < 1.29 is 13.2 Å². The average molecular weight is 339 g/mol. The minimum absolute atomic E-state index is 0.104. The van der Waals surface area contributed by atoms with Gasteiger partial charge in [0.1, 0.15) is 10.6 Å². The zero-order valence-electron chi connectivity index (χ0n) is 13.6. The van der Waals surface area contributed by atoms with Crippen molar-refractivity contribution in [3.05, 3.63) is 18.0 Å². The molecule has 1 aliphatic carbocycles. The minimum Gasteiger partial charge on any atom is -0.356 e. The molecule has 1 N–H and O–H groups in total. The molecule has 1 aromatic heterocycles. The maximum absolute atomic E-state index is 12.8. The number of rotatable bonds is 7. The van der Waals surface area contributed by atoms with Gasteiger partial charge in [0.2, 0.25) is 10.0 Å². The lowest BCUT2D eigenvalue weighted by atomic mass is 10.4. The van der Waals surface area contributed by atoms with E-state index in [4.69, 9.17) is 0 Å². The number of aromatic nitrogens is 1. The van der Waals surface area contributed by atoms with E-state index in [0.29, 0.717) is 24.7 Å². The van der Waals surface area contributed by atoms with Crippen molar-refractivity contribution in [3.8, 4) is 0 Å². The SMILES string of the molecule is CCCN(CC1CC1)S(=O)(=O)c1c[nH]c(C(=O)N2CCCC2)c1. The highest BCUT2D eigenvalue weighted by Gasteiger charge is 2.32. The van der Waals surface area contributed by atoms with Gasteiger partial charge in [0.25, 0.3) is 5.91 Å². The predicted octanol–water partition coefficient (Wildman–Crippen LogP) is 2.06. The Hall–Kier alpha value is -1.34. The number of amides is 1. The summed E-state index contributed by atoms with van der Waals surface area (Å²) in [5.41, 5.74) is 0.369. The van der Waals surface area contributed by atoms with E-state index < -0.39 is 10.0 Å². The number of nitrogens with zero attached hydrogens (tertiary/aromatic N) is 2. The standard InChI is InChI=1S/C16H25N3O3S/c1-2-7-19(12-13-5-6-13)23(21,22)14-10-15(17-11-14)16(20)18-8-3-4-9-18/h10-11,13,17H,2-9,12H2,1H3. The molecule has 0 unspecified atom stereocenters. The van der Waals surface area contributed by atoms with Gasteiger partial charge in [0, 0.05) is 32.4 Å². The maximum Gasteiger partial charge on any atom is 0.270 e. The molecule has 128 valence electrons. The van der Waals surface area contributed by atoms with Crippen LogP contribution in [0.2, 0.25) is 0 Å². The molecule has 0 bridgehead atoms. The molecule has 1 saturated carbocycles. The summed E-state index contributed by atoms with van der Waals surface area (Å²) in [5.74, 6) is 0.397. The molecule has 1 amide bonds. The fourth-order valence-corrected chi connectivity index (χ4v) is 4.64. The number of H-pyrrole nitrogens is 1. The summed E-state index contributed by atoms with van der Waals surface area (Å²) >= 11 is 0. The Labute approximate surface area is 137 Å². The number of hydrogen-bond acceptors (Lipinski definition) is 3. The van der Waals surface area contributed by atoms with Gasteiger partial charge in [0.15, 0.2) is 0 Å². The van der Waals surface area contributed by atoms with Crippen LogP contribution >= 0.6 is 0 Å². The molecule has 1 aliphatic heterocycles. The molecule has 1 saturated heterocycles. The Morgan fingerprint density at radius 2 is 2.04 bits per heavy atom. The van der Waals surface area contributed by atoms with E-state index >= 15 is 0 Å². The Balaban J connectivity index is 1.77. The minimum atomic E-state index is -3.52. The molecule has 3 rings (SSSR count). The van der Waals surface area contributed by atoms with Gasteiger partial charge in [-0.25, -0.2) is 8.42 Å². The Kier molecular flexibility index (Phi) is 4.77. The van der Waals surface area contributed by atoms with Crippen molar-refractivity contribution in [2.75, 3.05) is 26.2 Å². The molecule has 0 radical (unpaired) electrons. The van der Waals surface area contributed by atoms with Gasteiger partial charge in [-0.2, -0.15) is 4.31 Å². The quantitative estimate of drug-likeness (QED) is 0.826. The number of nitrogens with one attached hydrogen (secondary N) is 1. The largest absolute Gasteiger partial charge is 0.356 e. The Morgan fingerprint density at radius 3 is 2.65 bits per heavy atom. The molecule has 0 aromatic carbocycles. The van der Waals surface area contributed by atoms with E-state index in [0.717, 1.165) is 45.2 Å². The monoisotopic (exact) mass is 339 g/mol. The van der Waals surface area contributed by atoms with Crippen molar-refractivity contribution in [2.45, 2.75) is 43.9 Å². The van der Waals surface area contributed by atoms with Crippen molar-refractivity contribution in [1.82, 2.24) is 14.2 Å². The molecule has 0 atom stereocenters. The number of sulfonamides is 1. The van der Waals surface area contributed by atoms with Crippen LogP contribution in [0.4, 0.5) is 0 Å². The predicted molar refractivity (Wildman–Crippen MR) is 87.7 cm³/mol. The summed E-state index contributed by atoms with van der Waals surface area (Å²) < 4.78 is 27.2. The zero-order chi connectivity index (χ0) is 16.4. The summed E-state index contributed by atoms with van der Waals surface area (Å²) in [7, 11) is -3.52. The lowest BCUT2D eigenvalue weighted by molar-refractivity contribution is 0.0787. The second-order valence-corrected chi connectivity index (χ2v) is 8.49. The summed E-state index contributed by atoms with van der Waals surface area (Å²) in [5, 5.41) is 0. The fraction of sp³-hybridized carbons (Fsp3) is 0.688. The first-order valence-electron chi connectivity index (χ1n) is 8.50. The molecule has 2 aliphatic rings. The van der Waals surface area contributed by atoms with Crippen LogP contribution in [0.1, 0.15) is 49.5 Å². The fourth-order valence-electron chi connectivity index (χ4n) is 3.03. The normalized spacial score (nSPS) is 18.8. The second kappa shape index (κ2) is 6.65. The summed E-state index contributed by atoms with van der Waals surface area (Å²) in [6.07, 6.45) is 6.50.